The highest BCUT2D eigenvalue weighted by atomic mass is 32.2. The minimum atomic E-state index is -0.342. The summed E-state index contributed by atoms with van der Waals surface area (Å²) >= 11 is 2.90. The first-order valence-electron chi connectivity index (χ1n) is 9.38. The van der Waals surface area contributed by atoms with Gasteiger partial charge in [-0.05, 0) is 48.2 Å². The lowest BCUT2D eigenvalue weighted by Gasteiger charge is -2.11. The summed E-state index contributed by atoms with van der Waals surface area (Å²) in [4.78, 5) is 18.0. The predicted octanol–water partition coefficient (Wildman–Crippen LogP) is 5.23. The van der Waals surface area contributed by atoms with Crippen molar-refractivity contribution >= 4 is 34.7 Å². The molecule has 0 fully saturated rings. The largest absolute Gasteiger partial charge is 0.489 e. The molecule has 0 radical (unpaired) electrons. The third kappa shape index (κ3) is 5.28. The number of thiophene rings is 1. The highest BCUT2D eigenvalue weighted by Gasteiger charge is 2.18. The molecular weight excluding hydrogens is 416 g/mol. The molecule has 2 aromatic heterocycles. The third-order valence-electron chi connectivity index (χ3n) is 4.24. The van der Waals surface area contributed by atoms with Crippen LogP contribution in [0.15, 0.2) is 77.3 Å². The molecule has 2 heterocycles. The molecular formula is C22H20N4O2S2. The van der Waals surface area contributed by atoms with Crippen molar-refractivity contribution in [1.29, 1.82) is 0 Å². The van der Waals surface area contributed by atoms with Gasteiger partial charge in [0.05, 0.1) is 10.1 Å². The maximum absolute atomic E-state index is 12.5. The van der Waals surface area contributed by atoms with Gasteiger partial charge >= 0.3 is 0 Å². The van der Waals surface area contributed by atoms with Crippen molar-refractivity contribution in [2.75, 3.05) is 5.32 Å². The number of hydrogen-bond acceptors (Lipinski definition) is 6. The number of carbonyl (C=O) groups excluding carboxylic acids is 1. The highest BCUT2D eigenvalue weighted by molar-refractivity contribution is 8.00. The second-order valence-electron chi connectivity index (χ2n) is 6.49. The van der Waals surface area contributed by atoms with Crippen molar-refractivity contribution in [3.63, 3.8) is 0 Å². The molecule has 6 nitrogen and oxygen atoms in total. The van der Waals surface area contributed by atoms with Gasteiger partial charge in [-0.3, -0.25) is 9.89 Å². The normalized spacial score (nSPS) is 11.8. The van der Waals surface area contributed by atoms with Crippen LogP contribution in [0.25, 0.3) is 10.7 Å². The Morgan fingerprint density at radius 1 is 1.13 bits per heavy atom. The van der Waals surface area contributed by atoms with E-state index in [1.54, 1.807) is 11.3 Å². The summed E-state index contributed by atoms with van der Waals surface area (Å²) in [6.07, 6.45) is 0. The van der Waals surface area contributed by atoms with Gasteiger partial charge in [0.15, 0.2) is 5.82 Å². The summed E-state index contributed by atoms with van der Waals surface area (Å²) in [6.45, 7) is 2.34. The standard InChI is InChI=1S/C22H20N4O2S2/c1-15(30-22-24-20(25-26-22)19-8-5-13-29-19)21(27)23-17-9-11-18(12-10-17)28-14-16-6-3-2-4-7-16/h2-13,15H,14H2,1H3,(H,23,27)(H,24,25,26). The second-order valence-corrected chi connectivity index (χ2v) is 8.75. The number of rotatable bonds is 8. The van der Waals surface area contributed by atoms with Crippen LogP contribution in [0, 0.1) is 0 Å². The maximum Gasteiger partial charge on any atom is 0.237 e. The molecule has 0 bridgehead atoms. The molecule has 2 N–H and O–H groups in total. The summed E-state index contributed by atoms with van der Waals surface area (Å²) in [6, 6.07) is 21.3. The number of nitrogens with one attached hydrogen (secondary N) is 2. The zero-order chi connectivity index (χ0) is 20.8. The highest BCUT2D eigenvalue weighted by Crippen LogP contribution is 2.26. The number of H-pyrrole nitrogens is 1. The van der Waals surface area contributed by atoms with Gasteiger partial charge in [-0.2, -0.15) is 0 Å². The van der Waals surface area contributed by atoms with Crippen LogP contribution in [-0.4, -0.2) is 26.3 Å². The number of anilines is 1. The van der Waals surface area contributed by atoms with E-state index >= 15 is 0 Å². The number of ether oxygens (including phenoxy) is 1. The molecule has 30 heavy (non-hydrogen) atoms. The van der Waals surface area contributed by atoms with Gasteiger partial charge < -0.3 is 10.1 Å². The van der Waals surface area contributed by atoms with Gasteiger partial charge in [-0.1, -0.05) is 48.2 Å². The fraction of sp³-hybridized carbons (Fsp3) is 0.136. The first-order valence-corrected chi connectivity index (χ1v) is 11.1. The minimum Gasteiger partial charge on any atom is -0.489 e. The predicted molar refractivity (Wildman–Crippen MR) is 121 cm³/mol. The molecule has 1 amide bonds. The molecule has 1 unspecified atom stereocenters. The molecule has 0 aliphatic carbocycles. The Morgan fingerprint density at radius 2 is 1.93 bits per heavy atom. The zero-order valence-electron chi connectivity index (χ0n) is 16.2. The fourth-order valence-electron chi connectivity index (χ4n) is 2.65. The van der Waals surface area contributed by atoms with Crippen LogP contribution < -0.4 is 10.1 Å². The molecule has 2 aromatic carbocycles. The minimum absolute atomic E-state index is 0.111. The lowest BCUT2D eigenvalue weighted by atomic mass is 10.2. The van der Waals surface area contributed by atoms with E-state index in [-0.39, 0.29) is 11.2 Å². The number of nitrogens with zero attached hydrogens (tertiary/aromatic N) is 2. The number of benzene rings is 2. The van der Waals surface area contributed by atoms with E-state index in [9.17, 15) is 4.79 Å². The van der Waals surface area contributed by atoms with E-state index in [0.29, 0.717) is 23.3 Å². The molecule has 4 aromatic rings. The van der Waals surface area contributed by atoms with E-state index < -0.39 is 0 Å². The Labute approximate surface area is 182 Å². The molecule has 4 rings (SSSR count). The van der Waals surface area contributed by atoms with Gasteiger partial charge in [-0.15, -0.1) is 16.4 Å². The summed E-state index contributed by atoms with van der Waals surface area (Å²) < 4.78 is 5.78. The zero-order valence-corrected chi connectivity index (χ0v) is 17.9. The monoisotopic (exact) mass is 436 g/mol. The molecule has 0 spiro atoms. The van der Waals surface area contributed by atoms with Crippen molar-refractivity contribution in [1.82, 2.24) is 15.2 Å². The molecule has 8 heteroatoms. The molecule has 0 aliphatic rings. The molecule has 0 saturated carbocycles. The molecule has 152 valence electrons. The topological polar surface area (TPSA) is 79.9 Å². The van der Waals surface area contributed by atoms with Crippen molar-refractivity contribution < 1.29 is 9.53 Å². The van der Waals surface area contributed by atoms with Gasteiger partial charge in [0, 0.05) is 5.69 Å². The Kier molecular flexibility index (Phi) is 6.46. The molecule has 0 saturated heterocycles. The van der Waals surface area contributed by atoms with Gasteiger partial charge in [0.25, 0.3) is 0 Å². The summed E-state index contributed by atoms with van der Waals surface area (Å²) in [5, 5.41) is 12.2. The first-order chi connectivity index (χ1) is 14.7. The number of hydrogen-bond donors (Lipinski definition) is 2. The number of aromatic nitrogens is 3. The number of carbonyl (C=O) groups is 1. The van der Waals surface area contributed by atoms with E-state index in [1.165, 1.54) is 11.8 Å². The van der Waals surface area contributed by atoms with Crippen LogP contribution in [-0.2, 0) is 11.4 Å². The molecule has 0 aliphatic heterocycles. The number of aromatic amines is 1. The lowest BCUT2D eigenvalue weighted by Crippen LogP contribution is -2.22. The van der Waals surface area contributed by atoms with E-state index in [2.05, 4.69) is 20.5 Å². The Morgan fingerprint density at radius 3 is 2.67 bits per heavy atom. The third-order valence-corrected chi connectivity index (χ3v) is 6.08. The van der Waals surface area contributed by atoms with E-state index in [1.807, 2.05) is 79.0 Å². The van der Waals surface area contributed by atoms with Crippen molar-refractivity contribution in [2.45, 2.75) is 23.9 Å². The van der Waals surface area contributed by atoms with Crippen LogP contribution in [0.3, 0.4) is 0 Å². The summed E-state index contributed by atoms with van der Waals surface area (Å²) in [5.74, 6) is 1.35. The Balaban J connectivity index is 1.28. The van der Waals surface area contributed by atoms with Crippen LogP contribution >= 0.6 is 23.1 Å². The van der Waals surface area contributed by atoms with Crippen molar-refractivity contribution in [3.05, 3.63) is 77.7 Å². The number of thioether (sulfide) groups is 1. The van der Waals surface area contributed by atoms with Crippen LogP contribution in [0.4, 0.5) is 5.69 Å². The smallest absolute Gasteiger partial charge is 0.237 e. The van der Waals surface area contributed by atoms with Gasteiger partial charge in [0.1, 0.15) is 12.4 Å². The lowest BCUT2D eigenvalue weighted by molar-refractivity contribution is -0.115. The summed E-state index contributed by atoms with van der Waals surface area (Å²) in [7, 11) is 0. The molecule has 1 atom stereocenters. The van der Waals surface area contributed by atoms with Crippen molar-refractivity contribution in [2.24, 2.45) is 0 Å². The van der Waals surface area contributed by atoms with Crippen LogP contribution in [0.2, 0.25) is 0 Å². The SMILES string of the molecule is CC(Sc1n[nH]c(-c2cccs2)n1)C(=O)Nc1ccc(OCc2ccccc2)cc1. The average molecular weight is 437 g/mol. The Bertz CT molecular complexity index is 1080. The van der Waals surface area contributed by atoms with E-state index in [4.69, 9.17) is 4.74 Å². The average Bonchev–Trinajstić information content (AvgIpc) is 3.46. The maximum atomic E-state index is 12.5. The van der Waals surface area contributed by atoms with Gasteiger partial charge in [-0.25, -0.2) is 4.98 Å². The first kappa shape index (κ1) is 20.2. The fourth-order valence-corrected chi connectivity index (χ4v) is 4.04. The second kappa shape index (κ2) is 9.60. The number of amides is 1. The van der Waals surface area contributed by atoms with Gasteiger partial charge in [0.2, 0.25) is 11.1 Å². The van der Waals surface area contributed by atoms with E-state index in [0.717, 1.165) is 16.2 Å². The van der Waals surface area contributed by atoms with Crippen LogP contribution in [0.5, 0.6) is 5.75 Å². The summed E-state index contributed by atoms with van der Waals surface area (Å²) in [5.41, 5.74) is 1.82. The quantitative estimate of drug-likeness (QED) is 0.370. The van der Waals surface area contributed by atoms with Crippen LogP contribution in [0.1, 0.15) is 12.5 Å². The Hall–Kier alpha value is -3.10. The van der Waals surface area contributed by atoms with Crippen molar-refractivity contribution in [3.8, 4) is 16.5 Å².